The van der Waals surface area contributed by atoms with Gasteiger partial charge >= 0.3 is 0 Å². The van der Waals surface area contributed by atoms with E-state index in [0.29, 0.717) is 18.1 Å². The molecule has 0 saturated heterocycles. The number of nitrogens with one attached hydrogen (secondary N) is 1. The highest BCUT2D eigenvalue weighted by atomic mass is 35.5. The summed E-state index contributed by atoms with van der Waals surface area (Å²) in [6, 6.07) is 16.4. The lowest BCUT2D eigenvalue weighted by Crippen LogP contribution is -2.26. The zero-order valence-corrected chi connectivity index (χ0v) is 13.3. The number of likely N-dealkylation sites (N-methyl/N-ethyl adjacent to an activating group) is 1. The third kappa shape index (κ3) is 3.15. The van der Waals surface area contributed by atoms with Crippen LogP contribution in [0, 0.1) is 11.3 Å². The summed E-state index contributed by atoms with van der Waals surface area (Å²) in [5, 5.41) is 12.1. The van der Waals surface area contributed by atoms with Gasteiger partial charge in [0.25, 0.3) is 0 Å². The lowest BCUT2D eigenvalue weighted by Gasteiger charge is -2.27. The van der Waals surface area contributed by atoms with Crippen molar-refractivity contribution >= 4 is 12.4 Å². The summed E-state index contributed by atoms with van der Waals surface area (Å²) in [6.07, 6.45) is 0. The van der Waals surface area contributed by atoms with E-state index in [9.17, 15) is 0 Å². The molecule has 1 heterocycles. The van der Waals surface area contributed by atoms with Crippen molar-refractivity contribution in [2.75, 3.05) is 20.2 Å². The molecule has 4 heteroatoms. The van der Waals surface area contributed by atoms with Gasteiger partial charge in [0.1, 0.15) is 0 Å². The summed E-state index contributed by atoms with van der Waals surface area (Å²) >= 11 is 0. The van der Waals surface area contributed by atoms with Crippen molar-refractivity contribution in [2.24, 2.45) is 0 Å². The smallest absolute Gasteiger partial charge is 0.0991 e. The lowest BCUT2D eigenvalue weighted by molar-refractivity contribution is 0.0915. The van der Waals surface area contributed by atoms with Crippen molar-refractivity contribution in [1.82, 2.24) is 5.32 Å². The molecular formula is C18H19ClN2O. The minimum Gasteiger partial charge on any atom is -0.376 e. The molecule has 1 aliphatic heterocycles. The molecule has 0 bridgehead atoms. The molecule has 1 unspecified atom stereocenters. The largest absolute Gasteiger partial charge is 0.376 e. The lowest BCUT2D eigenvalue weighted by atomic mass is 9.87. The van der Waals surface area contributed by atoms with Gasteiger partial charge in [-0.25, -0.2) is 0 Å². The van der Waals surface area contributed by atoms with Gasteiger partial charge in [-0.15, -0.1) is 12.4 Å². The summed E-state index contributed by atoms with van der Waals surface area (Å²) in [7, 11) is 1.97. The van der Waals surface area contributed by atoms with Crippen LogP contribution in [0.2, 0.25) is 0 Å². The van der Waals surface area contributed by atoms with Crippen LogP contribution in [0.3, 0.4) is 0 Å². The Morgan fingerprint density at radius 2 is 2.00 bits per heavy atom. The van der Waals surface area contributed by atoms with Gasteiger partial charge in [-0.2, -0.15) is 5.26 Å². The van der Waals surface area contributed by atoms with Crippen LogP contribution in [0.1, 0.15) is 22.6 Å². The molecule has 1 aliphatic rings. The van der Waals surface area contributed by atoms with Crippen LogP contribution in [-0.2, 0) is 11.3 Å². The molecule has 22 heavy (non-hydrogen) atoms. The number of nitriles is 1. The summed E-state index contributed by atoms with van der Waals surface area (Å²) < 4.78 is 5.78. The number of nitrogens with zero attached hydrogens (tertiary/aromatic N) is 1. The molecule has 1 atom stereocenters. The quantitative estimate of drug-likeness (QED) is 0.943. The molecular weight excluding hydrogens is 296 g/mol. The fraction of sp³-hybridized carbons (Fsp3) is 0.278. The maximum atomic E-state index is 8.91. The molecule has 0 amide bonds. The van der Waals surface area contributed by atoms with Crippen LogP contribution < -0.4 is 5.32 Å². The summed E-state index contributed by atoms with van der Waals surface area (Å²) in [5.41, 5.74) is 5.68. The minimum atomic E-state index is 0. The van der Waals surface area contributed by atoms with E-state index in [2.05, 4.69) is 29.6 Å². The maximum absolute atomic E-state index is 8.91. The maximum Gasteiger partial charge on any atom is 0.0991 e. The topological polar surface area (TPSA) is 45.0 Å². The molecule has 0 aliphatic carbocycles. The van der Waals surface area contributed by atoms with Gasteiger partial charge in [0.15, 0.2) is 0 Å². The Labute approximate surface area is 137 Å². The fourth-order valence-corrected chi connectivity index (χ4v) is 2.95. The monoisotopic (exact) mass is 314 g/mol. The Balaban J connectivity index is 0.00000176. The van der Waals surface area contributed by atoms with Gasteiger partial charge in [-0.1, -0.05) is 30.3 Å². The number of hydrogen-bond acceptors (Lipinski definition) is 3. The van der Waals surface area contributed by atoms with Crippen molar-refractivity contribution < 1.29 is 4.74 Å². The zero-order valence-electron chi connectivity index (χ0n) is 12.5. The second-order valence-corrected chi connectivity index (χ2v) is 5.33. The van der Waals surface area contributed by atoms with Crippen LogP contribution in [0.4, 0.5) is 0 Å². The summed E-state index contributed by atoms with van der Waals surface area (Å²) in [4.78, 5) is 0. The standard InChI is InChI=1S/C18H18N2O.ClH/c1-20-10-15-11-21-12-18-16(3-2-4-17(15)18)14-7-5-13(9-19)6-8-14;/h2-8,15,20H,10-12H2,1H3;1H. The Morgan fingerprint density at radius 1 is 1.23 bits per heavy atom. The molecule has 114 valence electrons. The van der Waals surface area contributed by atoms with Crippen molar-refractivity contribution in [1.29, 1.82) is 5.26 Å². The number of ether oxygens (including phenoxy) is 1. The van der Waals surface area contributed by atoms with E-state index in [-0.39, 0.29) is 12.4 Å². The van der Waals surface area contributed by atoms with E-state index in [4.69, 9.17) is 10.00 Å². The summed E-state index contributed by atoms with van der Waals surface area (Å²) in [6.45, 7) is 2.35. The van der Waals surface area contributed by atoms with Crippen LogP contribution in [0.25, 0.3) is 11.1 Å². The van der Waals surface area contributed by atoms with Gasteiger partial charge in [0.05, 0.1) is 24.8 Å². The molecule has 0 fully saturated rings. The molecule has 0 radical (unpaired) electrons. The van der Waals surface area contributed by atoms with Crippen molar-refractivity contribution in [3.8, 4) is 17.2 Å². The first-order valence-electron chi connectivity index (χ1n) is 7.18. The van der Waals surface area contributed by atoms with E-state index < -0.39 is 0 Å². The zero-order chi connectivity index (χ0) is 14.7. The first-order chi connectivity index (χ1) is 10.3. The van der Waals surface area contributed by atoms with E-state index in [1.54, 1.807) is 0 Å². The second kappa shape index (κ2) is 7.42. The Kier molecular flexibility index (Phi) is 5.57. The molecule has 0 saturated carbocycles. The van der Waals surface area contributed by atoms with Crippen LogP contribution in [0.15, 0.2) is 42.5 Å². The highest BCUT2D eigenvalue weighted by Crippen LogP contribution is 2.34. The Morgan fingerprint density at radius 3 is 2.68 bits per heavy atom. The SMILES string of the molecule is CNCC1COCc2c(-c3ccc(C#N)cc3)cccc21.Cl. The molecule has 2 aromatic rings. The minimum absolute atomic E-state index is 0. The number of benzene rings is 2. The highest BCUT2D eigenvalue weighted by molar-refractivity contribution is 5.85. The normalized spacial score (nSPS) is 16.3. The number of fused-ring (bicyclic) bond motifs is 1. The summed E-state index contributed by atoms with van der Waals surface area (Å²) in [5.74, 6) is 0.400. The molecule has 0 aromatic heterocycles. The second-order valence-electron chi connectivity index (χ2n) is 5.33. The first-order valence-corrected chi connectivity index (χ1v) is 7.18. The van der Waals surface area contributed by atoms with Gasteiger partial charge in [-0.05, 0) is 41.4 Å². The van der Waals surface area contributed by atoms with Crippen molar-refractivity contribution in [3.05, 3.63) is 59.2 Å². The highest BCUT2D eigenvalue weighted by Gasteiger charge is 2.22. The average Bonchev–Trinajstić information content (AvgIpc) is 2.55. The first kappa shape index (κ1) is 16.5. The van der Waals surface area contributed by atoms with Crippen LogP contribution >= 0.6 is 12.4 Å². The molecule has 2 aromatic carbocycles. The molecule has 3 rings (SSSR count). The van der Waals surface area contributed by atoms with Crippen molar-refractivity contribution in [2.45, 2.75) is 12.5 Å². The van der Waals surface area contributed by atoms with Crippen LogP contribution in [0.5, 0.6) is 0 Å². The molecule has 0 spiro atoms. The third-order valence-electron chi connectivity index (χ3n) is 3.99. The van der Waals surface area contributed by atoms with Gasteiger partial charge < -0.3 is 10.1 Å². The number of hydrogen-bond donors (Lipinski definition) is 1. The Bertz CT molecular complexity index is 676. The van der Waals surface area contributed by atoms with E-state index >= 15 is 0 Å². The van der Waals surface area contributed by atoms with E-state index in [1.165, 1.54) is 16.7 Å². The predicted octanol–water partition coefficient (Wildman–Crippen LogP) is 3.48. The van der Waals surface area contributed by atoms with E-state index in [1.807, 2.05) is 31.3 Å². The van der Waals surface area contributed by atoms with Crippen molar-refractivity contribution in [3.63, 3.8) is 0 Å². The van der Waals surface area contributed by atoms with Gasteiger partial charge in [-0.3, -0.25) is 0 Å². The Hall–Kier alpha value is -1.86. The predicted molar refractivity (Wildman–Crippen MR) is 90.2 cm³/mol. The van der Waals surface area contributed by atoms with Gasteiger partial charge in [0.2, 0.25) is 0 Å². The average molecular weight is 315 g/mol. The third-order valence-corrected chi connectivity index (χ3v) is 3.99. The number of rotatable bonds is 3. The number of halogens is 1. The van der Waals surface area contributed by atoms with E-state index in [0.717, 1.165) is 18.7 Å². The molecule has 3 nitrogen and oxygen atoms in total. The van der Waals surface area contributed by atoms with Gasteiger partial charge in [0, 0.05) is 12.5 Å². The molecule has 1 N–H and O–H groups in total. The van der Waals surface area contributed by atoms with Crippen LogP contribution in [-0.4, -0.2) is 20.2 Å². The fourth-order valence-electron chi connectivity index (χ4n) is 2.95.